The lowest BCUT2D eigenvalue weighted by Gasteiger charge is -2.46. The van der Waals surface area contributed by atoms with Gasteiger partial charge in [-0.05, 0) is 81.5 Å². The molecule has 2 aliphatic carbocycles. The largest absolute Gasteiger partial charge is 0.322 e. The maximum atomic E-state index is 2.75. The molecule has 0 N–H and O–H groups in total. The highest BCUT2D eigenvalue weighted by Crippen LogP contribution is 2.65. The number of hydrogen-bond donors (Lipinski definition) is 0. The van der Waals surface area contributed by atoms with E-state index in [0.717, 1.165) is 11.8 Å². The lowest BCUT2D eigenvalue weighted by molar-refractivity contribution is 0.167. The van der Waals surface area contributed by atoms with Crippen molar-refractivity contribution in [2.45, 2.75) is 90.1 Å². The Morgan fingerprint density at radius 2 is 1.25 bits per heavy atom. The standard InChI is InChI=1S/C30H38N2/c1-21-13-7-11-19-27(21)31-22(2)29-30(25-16-8-9-17-25,24-14-5-4-6-15-24)26-18-10-12-20-28(26)32(29)23(31)3/h7,10-13,18-20,23-25H,4-6,8-9,14-17H2,1-3H3. The van der Waals surface area contributed by atoms with E-state index in [0.29, 0.717) is 6.17 Å². The number of rotatable bonds is 3. The Morgan fingerprint density at radius 3 is 1.91 bits per heavy atom. The molecule has 4 aliphatic rings. The quantitative estimate of drug-likeness (QED) is 0.492. The Balaban J connectivity index is 1.61. The summed E-state index contributed by atoms with van der Waals surface area (Å²) in [4.78, 5) is 5.40. The fourth-order valence-corrected chi connectivity index (χ4v) is 8.17. The summed E-state index contributed by atoms with van der Waals surface area (Å²) in [6.07, 6.45) is 13.0. The number of para-hydroxylation sites is 2. The molecule has 0 aromatic heterocycles. The first-order valence-electron chi connectivity index (χ1n) is 13.1. The second kappa shape index (κ2) is 7.68. The summed E-state index contributed by atoms with van der Waals surface area (Å²) >= 11 is 0. The van der Waals surface area contributed by atoms with Crippen molar-refractivity contribution in [2.75, 3.05) is 9.80 Å². The van der Waals surface area contributed by atoms with E-state index >= 15 is 0 Å². The van der Waals surface area contributed by atoms with Gasteiger partial charge >= 0.3 is 0 Å². The Kier molecular flexibility index (Phi) is 4.89. The van der Waals surface area contributed by atoms with Crippen LogP contribution in [0.5, 0.6) is 0 Å². The fraction of sp³-hybridized carbons (Fsp3) is 0.533. The van der Waals surface area contributed by atoms with E-state index in [1.807, 2.05) is 0 Å². The summed E-state index contributed by atoms with van der Waals surface area (Å²) in [5.41, 5.74) is 9.25. The van der Waals surface area contributed by atoms with Gasteiger partial charge in [0.2, 0.25) is 0 Å². The molecule has 0 spiro atoms. The third-order valence-corrected chi connectivity index (χ3v) is 9.32. The molecule has 2 atom stereocenters. The van der Waals surface area contributed by atoms with Crippen molar-refractivity contribution in [1.82, 2.24) is 0 Å². The van der Waals surface area contributed by atoms with Gasteiger partial charge in [0.15, 0.2) is 0 Å². The lowest BCUT2D eigenvalue weighted by atomic mass is 9.57. The third kappa shape index (κ3) is 2.65. The van der Waals surface area contributed by atoms with Crippen LogP contribution in [0.4, 0.5) is 11.4 Å². The summed E-state index contributed by atoms with van der Waals surface area (Å²) in [5, 5.41) is 0. The van der Waals surface area contributed by atoms with Crippen molar-refractivity contribution in [3.8, 4) is 0 Å². The van der Waals surface area contributed by atoms with Gasteiger partial charge in [-0.1, -0.05) is 68.5 Å². The molecule has 6 rings (SSSR count). The highest BCUT2D eigenvalue weighted by atomic mass is 15.4. The van der Waals surface area contributed by atoms with Crippen molar-refractivity contribution < 1.29 is 0 Å². The van der Waals surface area contributed by atoms with Gasteiger partial charge in [0.05, 0.1) is 5.70 Å². The molecule has 2 heteroatoms. The highest BCUT2D eigenvalue weighted by Gasteiger charge is 2.60. The molecule has 0 amide bonds. The minimum atomic E-state index is 0.198. The fourth-order valence-electron chi connectivity index (χ4n) is 8.17. The van der Waals surface area contributed by atoms with E-state index in [-0.39, 0.29) is 5.41 Å². The van der Waals surface area contributed by atoms with Gasteiger partial charge < -0.3 is 9.80 Å². The van der Waals surface area contributed by atoms with Crippen molar-refractivity contribution in [3.05, 3.63) is 71.1 Å². The molecule has 2 unspecified atom stereocenters. The maximum absolute atomic E-state index is 2.75. The lowest BCUT2D eigenvalue weighted by Crippen LogP contribution is -2.44. The van der Waals surface area contributed by atoms with Crippen LogP contribution in [0.3, 0.4) is 0 Å². The number of allylic oxidation sites excluding steroid dienone is 2. The summed E-state index contributed by atoms with van der Waals surface area (Å²) in [6, 6.07) is 18.5. The van der Waals surface area contributed by atoms with Gasteiger partial charge in [-0.3, -0.25) is 0 Å². The average Bonchev–Trinajstić information content (AvgIpc) is 3.51. The van der Waals surface area contributed by atoms with Crippen LogP contribution < -0.4 is 9.80 Å². The van der Waals surface area contributed by atoms with Crippen LogP contribution in [0.25, 0.3) is 0 Å². The van der Waals surface area contributed by atoms with Gasteiger partial charge in [-0.25, -0.2) is 0 Å². The first-order valence-corrected chi connectivity index (χ1v) is 13.1. The minimum absolute atomic E-state index is 0.198. The summed E-state index contributed by atoms with van der Waals surface area (Å²) in [6.45, 7) is 7.12. The van der Waals surface area contributed by atoms with E-state index in [1.165, 1.54) is 80.4 Å². The van der Waals surface area contributed by atoms with Gasteiger partial charge in [0.25, 0.3) is 0 Å². The van der Waals surface area contributed by atoms with Crippen LogP contribution in [-0.2, 0) is 5.41 Å². The molecule has 0 saturated heterocycles. The third-order valence-electron chi connectivity index (χ3n) is 9.32. The molecule has 2 aliphatic heterocycles. The SMILES string of the molecule is CC1=C2N(c3ccccc3C2(C2CCCCC2)C2CCCC2)C(C)N1c1ccccc1C. The van der Waals surface area contributed by atoms with Gasteiger partial charge in [-0.15, -0.1) is 0 Å². The van der Waals surface area contributed by atoms with E-state index in [4.69, 9.17) is 0 Å². The number of nitrogens with zero attached hydrogens (tertiary/aromatic N) is 2. The van der Waals surface area contributed by atoms with Crippen LogP contribution >= 0.6 is 0 Å². The van der Waals surface area contributed by atoms with Crippen LogP contribution in [-0.4, -0.2) is 6.17 Å². The van der Waals surface area contributed by atoms with Gasteiger partial charge in [0.1, 0.15) is 6.17 Å². The van der Waals surface area contributed by atoms with Gasteiger partial charge in [0, 0.05) is 22.5 Å². The molecule has 168 valence electrons. The zero-order valence-corrected chi connectivity index (χ0v) is 20.1. The van der Waals surface area contributed by atoms with Crippen LogP contribution in [0.1, 0.15) is 82.8 Å². The molecular weight excluding hydrogens is 388 g/mol. The molecule has 2 fully saturated rings. The second-order valence-electron chi connectivity index (χ2n) is 10.8. The Labute approximate surface area is 194 Å². The Bertz CT molecular complexity index is 1040. The van der Waals surface area contributed by atoms with E-state index in [9.17, 15) is 0 Å². The number of benzene rings is 2. The van der Waals surface area contributed by atoms with Crippen LogP contribution in [0.2, 0.25) is 0 Å². The van der Waals surface area contributed by atoms with Crippen molar-refractivity contribution in [3.63, 3.8) is 0 Å². The Morgan fingerprint density at radius 1 is 0.688 bits per heavy atom. The van der Waals surface area contributed by atoms with Crippen molar-refractivity contribution >= 4 is 11.4 Å². The number of aryl methyl sites for hydroxylation is 1. The molecule has 2 aromatic rings. The smallest absolute Gasteiger partial charge is 0.108 e. The number of anilines is 2. The number of fused-ring (bicyclic) bond motifs is 3. The second-order valence-corrected chi connectivity index (χ2v) is 10.8. The molecule has 2 aromatic carbocycles. The predicted molar refractivity (Wildman–Crippen MR) is 135 cm³/mol. The molecule has 2 heterocycles. The van der Waals surface area contributed by atoms with Crippen molar-refractivity contribution in [1.29, 1.82) is 0 Å². The number of hydrogen-bond acceptors (Lipinski definition) is 2. The van der Waals surface area contributed by atoms with Crippen LogP contribution in [0, 0.1) is 18.8 Å². The van der Waals surface area contributed by atoms with E-state index in [1.54, 1.807) is 11.3 Å². The average molecular weight is 427 g/mol. The van der Waals surface area contributed by atoms with E-state index < -0.39 is 0 Å². The summed E-state index contributed by atoms with van der Waals surface area (Å²) < 4.78 is 0. The first-order chi connectivity index (χ1) is 15.7. The normalized spacial score (nSPS) is 28.5. The van der Waals surface area contributed by atoms with Crippen LogP contribution in [0.15, 0.2) is 59.9 Å². The Hall–Kier alpha value is -2.22. The molecule has 2 nitrogen and oxygen atoms in total. The van der Waals surface area contributed by atoms with Gasteiger partial charge in [-0.2, -0.15) is 0 Å². The first kappa shape index (κ1) is 20.4. The minimum Gasteiger partial charge on any atom is -0.322 e. The highest BCUT2D eigenvalue weighted by molar-refractivity contribution is 5.79. The molecule has 2 saturated carbocycles. The monoisotopic (exact) mass is 426 g/mol. The zero-order chi connectivity index (χ0) is 21.9. The summed E-state index contributed by atoms with van der Waals surface area (Å²) in [5.74, 6) is 1.56. The molecule has 0 radical (unpaired) electrons. The topological polar surface area (TPSA) is 6.48 Å². The summed E-state index contributed by atoms with van der Waals surface area (Å²) in [7, 11) is 0. The molecule has 32 heavy (non-hydrogen) atoms. The predicted octanol–water partition coefficient (Wildman–Crippen LogP) is 7.92. The maximum Gasteiger partial charge on any atom is 0.108 e. The molecule has 0 bridgehead atoms. The van der Waals surface area contributed by atoms with Crippen molar-refractivity contribution in [2.24, 2.45) is 11.8 Å². The zero-order valence-electron chi connectivity index (χ0n) is 20.1. The molecular formula is C30H38N2. The van der Waals surface area contributed by atoms with E-state index in [2.05, 4.69) is 79.1 Å².